The van der Waals surface area contributed by atoms with Gasteiger partial charge in [-0.15, -0.1) is 0 Å². The van der Waals surface area contributed by atoms with Gasteiger partial charge in [-0.05, 0) is 34.2 Å². The molecule has 3 aromatic carbocycles. The molecule has 110 valence electrons. The molecule has 0 aliphatic rings. The van der Waals surface area contributed by atoms with E-state index in [0.29, 0.717) is 5.92 Å². The van der Waals surface area contributed by atoms with Gasteiger partial charge in [0.25, 0.3) is 0 Å². The summed E-state index contributed by atoms with van der Waals surface area (Å²) in [5.74, 6) is 0.484. The molecule has 0 bridgehead atoms. The van der Waals surface area contributed by atoms with Gasteiger partial charge in [0.2, 0.25) is 0 Å². The van der Waals surface area contributed by atoms with E-state index in [-0.39, 0.29) is 0 Å². The normalized spacial score (nSPS) is 10.9. The van der Waals surface area contributed by atoms with Crippen molar-refractivity contribution in [2.45, 2.75) is 19.8 Å². The van der Waals surface area contributed by atoms with Crippen LogP contribution in [-0.4, -0.2) is 0 Å². The van der Waals surface area contributed by atoms with Crippen LogP contribution in [-0.2, 0) is 0 Å². The lowest BCUT2D eigenvalue weighted by Gasteiger charge is -2.17. The van der Waals surface area contributed by atoms with Gasteiger partial charge in [0.05, 0.1) is 0 Å². The Hall–Kier alpha value is -2.54. The topological polar surface area (TPSA) is 26.0 Å². The second-order valence-corrected chi connectivity index (χ2v) is 5.87. The maximum atomic E-state index is 6.20. The summed E-state index contributed by atoms with van der Waals surface area (Å²) in [5, 5.41) is 0. The molecule has 1 nitrogen and oxygen atoms in total. The lowest BCUT2D eigenvalue weighted by molar-refractivity contribution is 0.869. The van der Waals surface area contributed by atoms with Crippen LogP contribution in [0.25, 0.3) is 22.3 Å². The molecule has 1 heteroatoms. The molecule has 0 amide bonds. The van der Waals surface area contributed by atoms with Gasteiger partial charge in [-0.25, -0.2) is 0 Å². The molecular formula is C21H21N. The Kier molecular flexibility index (Phi) is 3.97. The number of hydrogen-bond donors (Lipinski definition) is 1. The summed E-state index contributed by atoms with van der Waals surface area (Å²) in [6, 6.07) is 25.2. The molecule has 0 aliphatic heterocycles. The molecule has 0 saturated carbocycles. The van der Waals surface area contributed by atoms with Crippen LogP contribution in [0, 0.1) is 0 Å². The van der Waals surface area contributed by atoms with E-state index in [1.165, 1.54) is 22.3 Å². The first-order valence-electron chi connectivity index (χ1n) is 7.71. The molecule has 0 saturated heterocycles. The monoisotopic (exact) mass is 287 g/mol. The van der Waals surface area contributed by atoms with E-state index in [1.807, 2.05) is 18.2 Å². The second kappa shape index (κ2) is 6.07. The van der Waals surface area contributed by atoms with Crippen molar-refractivity contribution >= 4 is 5.69 Å². The number of hydrogen-bond acceptors (Lipinski definition) is 1. The molecule has 22 heavy (non-hydrogen) atoms. The highest BCUT2D eigenvalue weighted by Crippen LogP contribution is 2.38. The fraction of sp³-hybridized carbons (Fsp3) is 0.143. The minimum atomic E-state index is 0.484. The summed E-state index contributed by atoms with van der Waals surface area (Å²) in [6.45, 7) is 4.47. The van der Waals surface area contributed by atoms with Gasteiger partial charge in [-0.3, -0.25) is 0 Å². The van der Waals surface area contributed by atoms with Gasteiger partial charge >= 0.3 is 0 Å². The SMILES string of the molecule is CC(C)c1ccccc1-c1ccccc1-c1ccccc1N. The fourth-order valence-electron chi connectivity index (χ4n) is 2.94. The minimum absolute atomic E-state index is 0.484. The Bertz CT molecular complexity index is 787. The summed E-state index contributed by atoms with van der Waals surface area (Å²) in [7, 11) is 0. The molecular weight excluding hydrogens is 266 g/mol. The van der Waals surface area contributed by atoms with Gasteiger partial charge in [0, 0.05) is 11.3 Å². The molecule has 0 atom stereocenters. The van der Waals surface area contributed by atoms with Crippen LogP contribution in [0.1, 0.15) is 25.3 Å². The molecule has 0 fully saturated rings. The highest BCUT2D eigenvalue weighted by Gasteiger charge is 2.13. The zero-order valence-electron chi connectivity index (χ0n) is 13.1. The van der Waals surface area contributed by atoms with Crippen molar-refractivity contribution in [2.75, 3.05) is 5.73 Å². The number of rotatable bonds is 3. The van der Waals surface area contributed by atoms with Gasteiger partial charge < -0.3 is 5.73 Å². The maximum absolute atomic E-state index is 6.20. The fourth-order valence-corrected chi connectivity index (χ4v) is 2.94. The van der Waals surface area contributed by atoms with Crippen molar-refractivity contribution in [2.24, 2.45) is 0 Å². The van der Waals surface area contributed by atoms with E-state index in [9.17, 15) is 0 Å². The Morgan fingerprint density at radius 1 is 0.591 bits per heavy atom. The lowest BCUT2D eigenvalue weighted by atomic mass is 9.88. The van der Waals surface area contributed by atoms with E-state index < -0.39 is 0 Å². The van der Waals surface area contributed by atoms with Crippen molar-refractivity contribution in [1.82, 2.24) is 0 Å². The zero-order chi connectivity index (χ0) is 15.5. The standard InChI is InChI=1S/C21H21N/c1-15(2)16-9-3-4-10-17(16)18-11-5-6-12-19(18)20-13-7-8-14-21(20)22/h3-15H,22H2,1-2H3. The highest BCUT2D eigenvalue weighted by atomic mass is 14.6. The van der Waals surface area contributed by atoms with Gasteiger partial charge in [-0.1, -0.05) is 80.6 Å². The third-order valence-corrected chi connectivity index (χ3v) is 4.05. The van der Waals surface area contributed by atoms with Crippen LogP contribution in [0.2, 0.25) is 0 Å². The van der Waals surface area contributed by atoms with Crippen molar-refractivity contribution in [3.63, 3.8) is 0 Å². The van der Waals surface area contributed by atoms with Crippen LogP contribution in [0.4, 0.5) is 5.69 Å². The number of nitrogens with two attached hydrogens (primary N) is 1. The summed E-state index contributed by atoms with van der Waals surface area (Å²) >= 11 is 0. The molecule has 3 aromatic rings. The van der Waals surface area contributed by atoms with Crippen LogP contribution < -0.4 is 5.73 Å². The summed E-state index contributed by atoms with van der Waals surface area (Å²) in [6.07, 6.45) is 0. The van der Waals surface area contributed by atoms with E-state index >= 15 is 0 Å². The Labute approximate surface area is 132 Å². The van der Waals surface area contributed by atoms with Crippen molar-refractivity contribution in [3.05, 3.63) is 78.4 Å². The van der Waals surface area contributed by atoms with E-state index in [2.05, 4.69) is 68.4 Å². The van der Waals surface area contributed by atoms with E-state index in [0.717, 1.165) is 11.3 Å². The summed E-state index contributed by atoms with van der Waals surface area (Å²) < 4.78 is 0. The smallest absolute Gasteiger partial charge is 0.0393 e. The number of nitrogen functional groups attached to an aromatic ring is 1. The highest BCUT2D eigenvalue weighted by molar-refractivity contribution is 5.89. The average Bonchev–Trinajstić information content (AvgIpc) is 2.55. The Morgan fingerprint density at radius 2 is 1.05 bits per heavy atom. The lowest BCUT2D eigenvalue weighted by Crippen LogP contribution is -1.95. The van der Waals surface area contributed by atoms with Crippen LogP contribution in [0.3, 0.4) is 0 Å². The molecule has 3 rings (SSSR count). The third-order valence-electron chi connectivity index (χ3n) is 4.05. The predicted octanol–water partition coefficient (Wildman–Crippen LogP) is 5.73. The first kappa shape index (κ1) is 14.4. The molecule has 0 unspecified atom stereocenters. The van der Waals surface area contributed by atoms with Crippen molar-refractivity contribution < 1.29 is 0 Å². The number of anilines is 1. The number of benzene rings is 3. The van der Waals surface area contributed by atoms with Gasteiger partial charge in [0.15, 0.2) is 0 Å². The largest absolute Gasteiger partial charge is 0.398 e. The Morgan fingerprint density at radius 3 is 1.64 bits per heavy atom. The molecule has 2 N–H and O–H groups in total. The molecule has 0 spiro atoms. The van der Waals surface area contributed by atoms with Crippen molar-refractivity contribution in [1.29, 1.82) is 0 Å². The number of para-hydroxylation sites is 1. The Balaban J connectivity index is 2.25. The van der Waals surface area contributed by atoms with Gasteiger partial charge in [0.1, 0.15) is 0 Å². The molecule has 0 radical (unpaired) electrons. The van der Waals surface area contributed by atoms with Gasteiger partial charge in [-0.2, -0.15) is 0 Å². The summed E-state index contributed by atoms with van der Waals surface area (Å²) in [4.78, 5) is 0. The van der Waals surface area contributed by atoms with Crippen LogP contribution in [0.5, 0.6) is 0 Å². The maximum Gasteiger partial charge on any atom is 0.0393 e. The second-order valence-electron chi connectivity index (χ2n) is 5.87. The zero-order valence-corrected chi connectivity index (χ0v) is 13.1. The third kappa shape index (κ3) is 2.62. The average molecular weight is 287 g/mol. The molecule has 0 aliphatic carbocycles. The molecule has 0 aromatic heterocycles. The van der Waals surface area contributed by atoms with Crippen molar-refractivity contribution in [3.8, 4) is 22.3 Å². The summed E-state index contributed by atoms with van der Waals surface area (Å²) in [5.41, 5.74) is 13.2. The van der Waals surface area contributed by atoms with Crippen LogP contribution in [0.15, 0.2) is 72.8 Å². The first-order chi connectivity index (χ1) is 10.7. The minimum Gasteiger partial charge on any atom is -0.398 e. The first-order valence-corrected chi connectivity index (χ1v) is 7.71. The van der Waals surface area contributed by atoms with Crippen LogP contribution >= 0.6 is 0 Å². The van der Waals surface area contributed by atoms with E-state index in [1.54, 1.807) is 0 Å². The van der Waals surface area contributed by atoms with E-state index in [4.69, 9.17) is 5.73 Å². The quantitative estimate of drug-likeness (QED) is 0.612. The molecule has 0 heterocycles. The predicted molar refractivity (Wildman–Crippen MR) is 95.8 cm³/mol.